The third-order valence-corrected chi connectivity index (χ3v) is 3.26. The molecule has 23 heavy (non-hydrogen) atoms. The summed E-state index contributed by atoms with van der Waals surface area (Å²) in [5.74, 6) is -0.431. The second-order valence-electron chi connectivity index (χ2n) is 5.19. The minimum atomic E-state index is -0.293. The maximum absolute atomic E-state index is 12.2. The number of carbonyl (C=O) groups excluding carboxylic acids is 1. The number of hydrogen-bond donors (Lipinski definition) is 2. The van der Waals surface area contributed by atoms with Crippen molar-refractivity contribution in [3.8, 4) is 11.5 Å². The Morgan fingerprint density at radius 2 is 1.61 bits per heavy atom. The van der Waals surface area contributed by atoms with E-state index in [9.17, 15) is 15.0 Å². The van der Waals surface area contributed by atoms with Crippen molar-refractivity contribution in [1.82, 2.24) is 0 Å². The van der Waals surface area contributed by atoms with E-state index in [0.717, 1.165) is 5.56 Å². The Balaban J connectivity index is 0.00000127. The summed E-state index contributed by atoms with van der Waals surface area (Å²) in [6.45, 7) is 7.83. The van der Waals surface area contributed by atoms with Crippen LogP contribution >= 0.6 is 0 Å². The number of phenolic OH excluding ortho intramolecular Hbond substituents is 2. The van der Waals surface area contributed by atoms with E-state index in [4.69, 9.17) is 0 Å². The lowest BCUT2D eigenvalue weighted by molar-refractivity contribution is 0.104. The first-order chi connectivity index (χ1) is 11.0. The Morgan fingerprint density at radius 1 is 1.00 bits per heavy atom. The van der Waals surface area contributed by atoms with Crippen molar-refractivity contribution in [3.05, 3.63) is 65.2 Å². The predicted octanol–water partition coefficient (Wildman–Crippen LogP) is 5.14. The fraction of sp³-hybridized carbons (Fsp3) is 0.250. The van der Waals surface area contributed by atoms with Crippen LogP contribution in [0.1, 0.15) is 55.1 Å². The van der Waals surface area contributed by atoms with Gasteiger partial charge in [-0.2, -0.15) is 0 Å². The first-order valence-electron chi connectivity index (χ1n) is 7.82. The summed E-state index contributed by atoms with van der Waals surface area (Å²) in [6.07, 6.45) is 3.12. The molecule has 2 N–H and O–H groups in total. The molecule has 0 spiro atoms. The first-order valence-corrected chi connectivity index (χ1v) is 7.82. The standard InChI is InChI=1S/C18H18O3.C2H6/c1-12(2)14-10-15(18(21)11-17(14)20)16(19)9-8-13-6-4-3-5-7-13;1-2/h3-12,20-21H,1-2H3;1-2H3/b9-8+;. The molecule has 2 aromatic carbocycles. The molecule has 0 saturated heterocycles. The summed E-state index contributed by atoms with van der Waals surface area (Å²) in [5, 5.41) is 19.6. The van der Waals surface area contributed by atoms with Gasteiger partial charge in [0, 0.05) is 6.07 Å². The molecule has 0 aliphatic carbocycles. The number of rotatable bonds is 4. The van der Waals surface area contributed by atoms with Gasteiger partial charge in [-0.1, -0.05) is 64.1 Å². The number of ketones is 1. The monoisotopic (exact) mass is 312 g/mol. The average molecular weight is 312 g/mol. The van der Waals surface area contributed by atoms with Crippen molar-refractivity contribution in [1.29, 1.82) is 0 Å². The van der Waals surface area contributed by atoms with Gasteiger partial charge < -0.3 is 10.2 Å². The molecule has 0 heterocycles. The van der Waals surface area contributed by atoms with Gasteiger partial charge >= 0.3 is 0 Å². The fourth-order valence-electron chi connectivity index (χ4n) is 2.08. The molecule has 0 saturated carbocycles. The summed E-state index contributed by atoms with van der Waals surface area (Å²) in [4.78, 5) is 12.2. The quantitative estimate of drug-likeness (QED) is 0.607. The highest BCUT2D eigenvalue weighted by Gasteiger charge is 2.15. The Kier molecular flexibility index (Phi) is 7.07. The lowest BCUT2D eigenvalue weighted by atomic mass is 9.97. The van der Waals surface area contributed by atoms with Gasteiger partial charge in [-0.15, -0.1) is 0 Å². The van der Waals surface area contributed by atoms with Crippen LogP contribution in [-0.2, 0) is 0 Å². The lowest BCUT2D eigenvalue weighted by Crippen LogP contribution is -1.98. The minimum Gasteiger partial charge on any atom is -0.508 e. The van der Waals surface area contributed by atoms with E-state index in [2.05, 4.69) is 0 Å². The zero-order valence-electron chi connectivity index (χ0n) is 14.1. The third kappa shape index (κ3) is 4.99. The van der Waals surface area contributed by atoms with E-state index in [1.807, 2.05) is 58.0 Å². The fourth-order valence-corrected chi connectivity index (χ4v) is 2.08. The molecule has 0 atom stereocenters. The summed E-state index contributed by atoms with van der Waals surface area (Å²) >= 11 is 0. The molecule has 0 unspecified atom stereocenters. The molecular weight excluding hydrogens is 288 g/mol. The molecule has 0 bridgehead atoms. The highest BCUT2D eigenvalue weighted by atomic mass is 16.3. The van der Waals surface area contributed by atoms with Gasteiger partial charge in [0.1, 0.15) is 11.5 Å². The summed E-state index contributed by atoms with van der Waals surface area (Å²) in [6, 6.07) is 12.2. The molecule has 3 nitrogen and oxygen atoms in total. The number of allylic oxidation sites excluding steroid dienone is 1. The zero-order valence-corrected chi connectivity index (χ0v) is 14.1. The van der Waals surface area contributed by atoms with Crippen LogP contribution in [0.3, 0.4) is 0 Å². The van der Waals surface area contributed by atoms with Gasteiger partial charge in [0.2, 0.25) is 0 Å². The second kappa shape index (κ2) is 8.79. The number of benzene rings is 2. The SMILES string of the molecule is CC.CC(C)c1cc(C(=O)/C=C/c2ccccc2)c(O)cc1O. The Bertz CT molecular complexity index is 671. The van der Waals surface area contributed by atoms with Gasteiger partial charge in [0.25, 0.3) is 0 Å². The van der Waals surface area contributed by atoms with Crippen molar-refractivity contribution in [2.45, 2.75) is 33.6 Å². The van der Waals surface area contributed by atoms with Crippen LogP contribution in [0.4, 0.5) is 0 Å². The Hall–Kier alpha value is -2.55. The van der Waals surface area contributed by atoms with Crippen LogP contribution in [0, 0.1) is 0 Å². The molecule has 2 aromatic rings. The first kappa shape index (κ1) is 18.5. The lowest BCUT2D eigenvalue weighted by Gasteiger charge is -2.11. The average Bonchev–Trinajstić information content (AvgIpc) is 2.55. The van der Waals surface area contributed by atoms with E-state index >= 15 is 0 Å². The third-order valence-electron chi connectivity index (χ3n) is 3.26. The van der Waals surface area contributed by atoms with Gasteiger partial charge in [0.05, 0.1) is 5.56 Å². The van der Waals surface area contributed by atoms with Crippen LogP contribution < -0.4 is 0 Å². The molecular formula is C20H24O3. The Morgan fingerprint density at radius 3 is 2.17 bits per heavy atom. The highest BCUT2D eigenvalue weighted by molar-refractivity contribution is 6.08. The molecule has 0 aromatic heterocycles. The van der Waals surface area contributed by atoms with E-state index in [-0.39, 0.29) is 28.8 Å². The highest BCUT2D eigenvalue weighted by Crippen LogP contribution is 2.32. The normalized spacial score (nSPS) is 10.5. The van der Waals surface area contributed by atoms with Gasteiger partial charge in [0.15, 0.2) is 5.78 Å². The van der Waals surface area contributed by atoms with Crippen LogP contribution in [0.15, 0.2) is 48.5 Å². The topological polar surface area (TPSA) is 57.5 Å². The van der Waals surface area contributed by atoms with Crippen molar-refractivity contribution in [3.63, 3.8) is 0 Å². The van der Waals surface area contributed by atoms with E-state index in [0.29, 0.717) is 5.56 Å². The molecule has 0 fully saturated rings. The van der Waals surface area contributed by atoms with Crippen LogP contribution in [0.25, 0.3) is 6.08 Å². The van der Waals surface area contributed by atoms with Crippen LogP contribution in [0.2, 0.25) is 0 Å². The van der Waals surface area contributed by atoms with Gasteiger partial charge in [-0.3, -0.25) is 4.79 Å². The summed E-state index contributed by atoms with van der Waals surface area (Å²) in [7, 11) is 0. The smallest absolute Gasteiger partial charge is 0.189 e. The molecule has 122 valence electrons. The van der Waals surface area contributed by atoms with Crippen molar-refractivity contribution in [2.75, 3.05) is 0 Å². The number of aromatic hydroxyl groups is 2. The van der Waals surface area contributed by atoms with Crippen molar-refractivity contribution >= 4 is 11.9 Å². The van der Waals surface area contributed by atoms with Crippen LogP contribution in [-0.4, -0.2) is 16.0 Å². The largest absolute Gasteiger partial charge is 0.508 e. The van der Waals surface area contributed by atoms with Gasteiger partial charge in [-0.25, -0.2) is 0 Å². The molecule has 0 aliphatic heterocycles. The maximum atomic E-state index is 12.2. The predicted molar refractivity (Wildman–Crippen MR) is 95.0 cm³/mol. The van der Waals surface area contributed by atoms with E-state index in [1.54, 1.807) is 12.1 Å². The molecule has 0 aliphatic rings. The summed E-state index contributed by atoms with van der Waals surface area (Å²) in [5.41, 5.74) is 1.75. The number of carbonyl (C=O) groups is 1. The van der Waals surface area contributed by atoms with Gasteiger partial charge in [-0.05, 0) is 29.2 Å². The van der Waals surface area contributed by atoms with Crippen LogP contribution in [0.5, 0.6) is 11.5 Å². The molecule has 0 radical (unpaired) electrons. The van der Waals surface area contributed by atoms with Crippen molar-refractivity contribution < 1.29 is 15.0 Å². The summed E-state index contributed by atoms with van der Waals surface area (Å²) < 4.78 is 0. The minimum absolute atomic E-state index is 0.00564. The second-order valence-corrected chi connectivity index (χ2v) is 5.19. The maximum Gasteiger partial charge on any atom is 0.189 e. The molecule has 0 amide bonds. The zero-order chi connectivity index (χ0) is 17.4. The number of hydrogen-bond acceptors (Lipinski definition) is 3. The Labute approximate surface area is 137 Å². The van der Waals surface area contributed by atoms with Crippen molar-refractivity contribution in [2.24, 2.45) is 0 Å². The van der Waals surface area contributed by atoms with E-state index < -0.39 is 0 Å². The molecule has 3 heteroatoms. The number of phenols is 2. The van der Waals surface area contributed by atoms with E-state index in [1.165, 1.54) is 12.1 Å². The molecule has 2 rings (SSSR count).